The molecule has 1 aliphatic carbocycles. The second-order valence-corrected chi connectivity index (χ2v) is 9.58. The largest absolute Gasteiger partial charge is 0.496 e. The molecule has 0 amide bonds. The van der Waals surface area contributed by atoms with Crippen molar-refractivity contribution >= 4 is 17.2 Å². The number of Topliss-reactive ketones (excluding diaryl/α,β-unsaturated/α-hetero) is 1. The molecule has 0 aromatic heterocycles. The topological polar surface area (TPSA) is 96.5 Å². The zero-order valence-corrected chi connectivity index (χ0v) is 23.5. The van der Waals surface area contributed by atoms with E-state index < -0.39 is 6.04 Å². The molecule has 0 radical (unpaired) electrons. The number of anilines is 2. The number of ether oxygens (including phenoxy) is 6. The number of allylic oxidation sites excluding steroid dienone is 1. The van der Waals surface area contributed by atoms with E-state index in [-0.39, 0.29) is 11.7 Å². The number of hydrogen-bond acceptors (Lipinski definition) is 9. The van der Waals surface area contributed by atoms with Crippen LogP contribution in [0.1, 0.15) is 35.9 Å². The van der Waals surface area contributed by atoms with Gasteiger partial charge in [-0.1, -0.05) is 12.1 Å². The SMILES string of the molecule is COc1cc(OC)c([C@H]2Nc3ccccc3NC3=C2C(=O)C[C@H](c2cc(OC)c(OC)c(OC)c2)C3)cc1OC. The van der Waals surface area contributed by atoms with Crippen molar-refractivity contribution in [3.8, 4) is 34.5 Å². The Labute approximate surface area is 234 Å². The molecule has 2 aliphatic rings. The van der Waals surface area contributed by atoms with Crippen molar-refractivity contribution in [1.82, 2.24) is 0 Å². The maximum absolute atomic E-state index is 14.1. The summed E-state index contributed by atoms with van der Waals surface area (Å²) in [6, 6.07) is 14.9. The highest BCUT2D eigenvalue weighted by Gasteiger charge is 2.38. The lowest BCUT2D eigenvalue weighted by Gasteiger charge is -2.31. The first-order valence-corrected chi connectivity index (χ1v) is 12.9. The molecule has 9 nitrogen and oxygen atoms in total. The van der Waals surface area contributed by atoms with E-state index in [9.17, 15) is 4.79 Å². The predicted octanol–water partition coefficient (Wildman–Crippen LogP) is 5.72. The van der Waals surface area contributed by atoms with E-state index in [1.807, 2.05) is 42.5 Å². The van der Waals surface area contributed by atoms with E-state index >= 15 is 0 Å². The smallest absolute Gasteiger partial charge is 0.203 e. The fraction of sp³-hybridized carbons (Fsp3) is 0.323. The Kier molecular flexibility index (Phi) is 7.64. The first kappa shape index (κ1) is 27.1. The number of benzene rings is 3. The van der Waals surface area contributed by atoms with Gasteiger partial charge in [0.25, 0.3) is 0 Å². The van der Waals surface area contributed by atoms with Gasteiger partial charge in [0.05, 0.1) is 60.1 Å². The van der Waals surface area contributed by atoms with E-state index in [0.29, 0.717) is 52.9 Å². The first-order chi connectivity index (χ1) is 19.5. The maximum atomic E-state index is 14.1. The average molecular weight is 547 g/mol. The molecule has 1 aliphatic heterocycles. The van der Waals surface area contributed by atoms with E-state index in [0.717, 1.165) is 28.2 Å². The summed E-state index contributed by atoms with van der Waals surface area (Å²) in [5.41, 5.74) is 4.96. The summed E-state index contributed by atoms with van der Waals surface area (Å²) < 4.78 is 33.6. The third kappa shape index (κ3) is 4.72. The predicted molar refractivity (Wildman–Crippen MR) is 153 cm³/mol. The summed E-state index contributed by atoms with van der Waals surface area (Å²) in [5, 5.41) is 7.17. The standard InChI is InChI=1S/C31H34N2O7/c1-35-24-16-26(37-3)25(36-2)15-19(24)30-29-22(32-20-9-7-8-10-21(20)33-30)11-17(12-23(29)34)18-13-27(38-4)31(40-6)28(14-18)39-5/h7-10,13-17,30,32-33H,11-12H2,1-6H3/t17-,30-/m1/s1. The van der Waals surface area contributed by atoms with E-state index in [1.54, 1.807) is 48.7 Å². The summed E-state index contributed by atoms with van der Waals surface area (Å²) in [6.07, 6.45) is 0.908. The molecule has 0 bridgehead atoms. The minimum atomic E-state index is -0.491. The maximum Gasteiger partial charge on any atom is 0.203 e. The van der Waals surface area contributed by atoms with E-state index in [2.05, 4.69) is 10.6 Å². The number of methoxy groups -OCH3 is 6. The van der Waals surface area contributed by atoms with Gasteiger partial charge in [-0.15, -0.1) is 0 Å². The molecule has 2 N–H and O–H groups in total. The number of carbonyl (C=O) groups is 1. The molecule has 9 heteroatoms. The zero-order chi connectivity index (χ0) is 28.4. The van der Waals surface area contributed by atoms with Gasteiger partial charge in [0.15, 0.2) is 28.8 Å². The molecular formula is C31H34N2O7. The fourth-order valence-electron chi connectivity index (χ4n) is 5.58. The molecule has 40 heavy (non-hydrogen) atoms. The highest BCUT2D eigenvalue weighted by Crippen LogP contribution is 2.49. The van der Waals surface area contributed by atoms with Gasteiger partial charge in [0.1, 0.15) is 5.75 Å². The average Bonchev–Trinajstić information content (AvgIpc) is 3.16. The third-order valence-electron chi connectivity index (χ3n) is 7.51. The summed E-state index contributed by atoms with van der Waals surface area (Å²) in [7, 11) is 9.52. The van der Waals surface area contributed by atoms with Gasteiger partial charge in [0.2, 0.25) is 5.75 Å². The lowest BCUT2D eigenvalue weighted by molar-refractivity contribution is -0.116. The van der Waals surface area contributed by atoms with Crippen molar-refractivity contribution in [1.29, 1.82) is 0 Å². The minimum Gasteiger partial charge on any atom is -0.496 e. The Hall–Kier alpha value is -4.53. The van der Waals surface area contributed by atoms with Crippen molar-refractivity contribution in [2.75, 3.05) is 53.3 Å². The molecule has 210 valence electrons. The second-order valence-electron chi connectivity index (χ2n) is 9.58. The molecule has 5 rings (SSSR count). The van der Waals surface area contributed by atoms with Gasteiger partial charge in [-0.25, -0.2) is 0 Å². The molecule has 3 aromatic rings. The van der Waals surface area contributed by atoms with Gasteiger partial charge in [-0.05, 0) is 48.2 Å². The van der Waals surface area contributed by atoms with E-state index in [4.69, 9.17) is 28.4 Å². The van der Waals surface area contributed by atoms with Crippen LogP contribution in [0.15, 0.2) is 59.8 Å². The lowest BCUT2D eigenvalue weighted by atomic mass is 9.78. The number of ketones is 1. The summed E-state index contributed by atoms with van der Waals surface area (Å²) >= 11 is 0. The fourth-order valence-corrected chi connectivity index (χ4v) is 5.58. The van der Waals surface area contributed by atoms with Crippen molar-refractivity contribution < 1.29 is 33.2 Å². The molecule has 0 saturated carbocycles. The highest BCUT2D eigenvalue weighted by molar-refractivity contribution is 6.01. The molecule has 0 spiro atoms. The van der Waals surface area contributed by atoms with Crippen molar-refractivity contribution in [2.45, 2.75) is 24.8 Å². The molecule has 1 heterocycles. The monoisotopic (exact) mass is 546 g/mol. The van der Waals surface area contributed by atoms with Crippen LogP contribution >= 0.6 is 0 Å². The molecule has 0 fully saturated rings. The van der Waals surface area contributed by atoms with Gasteiger partial charge in [-0.2, -0.15) is 0 Å². The number of nitrogens with one attached hydrogen (secondary N) is 2. The number of fused-ring (bicyclic) bond motifs is 1. The van der Waals surface area contributed by atoms with Crippen LogP contribution in [0.25, 0.3) is 0 Å². The second kappa shape index (κ2) is 11.3. The van der Waals surface area contributed by atoms with Crippen LogP contribution in [0.4, 0.5) is 11.4 Å². The quantitative estimate of drug-likeness (QED) is 0.368. The summed E-state index contributed by atoms with van der Waals surface area (Å²) in [4.78, 5) is 14.1. The summed E-state index contributed by atoms with van der Waals surface area (Å²) in [6.45, 7) is 0. The Morgan fingerprint density at radius 1 is 0.675 bits per heavy atom. The van der Waals surface area contributed by atoms with Gasteiger partial charge in [-0.3, -0.25) is 4.79 Å². The van der Waals surface area contributed by atoms with Crippen LogP contribution in [0.5, 0.6) is 34.5 Å². The van der Waals surface area contributed by atoms with Crippen molar-refractivity contribution in [3.05, 3.63) is 70.9 Å². The Morgan fingerprint density at radius 3 is 1.88 bits per heavy atom. The highest BCUT2D eigenvalue weighted by atomic mass is 16.5. The van der Waals surface area contributed by atoms with Gasteiger partial charge in [0, 0.05) is 29.3 Å². The van der Waals surface area contributed by atoms with Crippen LogP contribution in [-0.2, 0) is 4.79 Å². The summed E-state index contributed by atoms with van der Waals surface area (Å²) in [5.74, 6) is 3.22. The van der Waals surface area contributed by atoms with Gasteiger partial charge < -0.3 is 39.1 Å². The number of hydrogen-bond donors (Lipinski definition) is 2. The lowest BCUT2D eigenvalue weighted by Crippen LogP contribution is -2.27. The van der Waals surface area contributed by atoms with Crippen LogP contribution in [0, 0.1) is 0 Å². The Bertz CT molecular complexity index is 1440. The molecule has 2 atom stereocenters. The normalized spacial score (nSPS) is 17.9. The van der Waals surface area contributed by atoms with E-state index in [1.165, 1.54) is 0 Å². The van der Waals surface area contributed by atoms with Crippen molar-refractivity contribution in [3.63, 3.8) is 0 Å². The number of carbonyl (C=O) groups excluding carboxylic acids is 1. The Balaban J connectivity index is 1.65. The van der Waals surface area contributed by atoms with Crippen LogP contribution in [0.3, 0.4) is 0 Å². The number of rotatable bonds is 8. The van der Waals surface area contributed by atoms with Gasteiger partial charge >= 0.3 is 0 Å². The number of para-hydroxylation sites is 2. The third-order valence-corrected chi connectivity index (χ3v) is 7.51. The van der Waals surface area contributed by atoms with Crippen LogP contribution in [0.2, 0.25) is 0 Å². The zero-order valence-electron chi connectivity index (χ0n) is 23.5. The molecule has 3 aromatic carbocycles. The molecule has 0 unspecified atom stereocenters. The molecular weight excluding hydrogens is 512 g/mol. The minimum absolute atomic E-state index is 0.0228. The first-order valence-electron chi connectivity index (χ1n) is 12.9. The van der Waals surface area contributed by atoms with Crippen LogP contribution < -0.4 is 39.1 Å². The molecule has 0 saturated heterocycles. The Morgan fingerprint density at radius 2 is 1.27 bits per heavy atom. The van der Waals surface area contributed by atoms with Crippen LogP contribution in [-0.4, -0.2) is 48.4 Å². The van der Waals surface area contributed by atoms with Crippen molar-refractivity contribution in [2.24, 2.45) is 0 Å².